The van der Waals surface area contributed by atoms with E-state index in [4.69, 9.17) is 16.3 Å². The van der Waals surface area contributed by atoms with E-state index in [-0.39, 0.29) is 11.5 Å². The summed E-state index contributed by atoms with van der Waals surface area (Å²) in [5, 5.41) is 0.148. The first-order chi connectivity index (χ1) is 4.13. The van der Waals surface area contributed by atoms with Gasteiger partial charge in [0.05, 0.1) is 11.5 Å². The van der Waals surface area contributed by atoms with E-state index in [0.29, 0.717) is 10.9 Å². The summed E-state index contributed by atoms with van der Waals surface area (Å²) >= 11 is 9.19. The molecule has 0 aliphatic carbocycles. The van der Waals surface area contributed by atoms with Crippen LogP contribution < -0.4 is 0 Å². The van der Waals surface area contributed by atoms with Crippen LogP contribution in [-0.4, -0.2) is 22.4 Å². The molecule has 54 valence electrons. The Morgan fingerprint density at radius 2 is 2.00 bits per heavy atom. The van der Waals surface area contributed by atoms with Gasteiger partial charge in [0.25, 0.3) is 0 Å². The number of ether oxygens (including phenoxy) is 1. The minimum Gasteiger partial charge on any atom is -0.367 e. The second-order valence-corrected chi connectivity index (χ2v) is 4.55. The molecule has 0 saturated carbocycles. The topological polar surface area (TPSA) is 12.5 Å². The van der Waals surface area contributed by atoms with E-state index in [2.05, 4.69) is 22.9 Å². The van der Waals surface area contributed by atoms with Crippen LogP contribution in [-0.2, 0) is 4.74 Å². The molecule has 4 atom stereocenters. The van der Waals surface area contributed by atoms with Crippen LogP contribution in [0.5, 0.6) is 0 Å². The Bertz CT molecular complexity index is 93.2. The first-order valence-electron chi connectivity index (χ1n) is 3.06. The molecule has 1 heterocycles. The first kappa shape index (κ1) is 7.83. The average Bonchev–Trinajstić information content (AvgIpc) is 2.39. The van der Waals surface area contributed by atoms with Crippen molar-refractivity contribution in [1.82, 2.24) is 0 Å². The van der Waals surface area contributed by atoms with Crippen LogP contribution in [0, 0.1) is 0 Å². The van der Waals surface area contributed by atoms with Crippen molar-refractivity contribution in [2.75, 3.05) is 0 Å². The van der Waals surface area contributed by atoms with Crippen LogP contribution in [0.25, 0.3) is 0 Å². The van der Waals surface area contributed by atoms with Crippen molar-refractivity contribution >= 4 is 27.5 Å². The first-order valence-corrected chi connectivity index (χ1v) is 4.41. The smallest absolute Gasteiger partial charge is 0.101 e. The molecule has 0 amide bonds. The number of halogens is 2. The van der Waals surface area contributed by atoms with Crippen molar-refractivity contribution in [2.24, 2.45) is 0 Å². The molecule has 4 unspecified atom stereocenters. The minimum absolute atomic E-state index is 0.148. The van der Waals surface area contributed by atoms with Gasteiger partial charge in [-0.05, 0) is 6.92 Å². The maximum atomic E-state index is 5.77. The molecule has 0 aromatic heterocycles. The highest BCUT2D eigenvalue weighted by Gasteiger charge is 2.44. The van der Waals surface area contributed by atoms with Gasteiger partial charge < -0.3 is 4.74 Å². The van der Waals surface area contributed by atoms with Gasteiger partial charge in [-0.25, -0.2) is 0 Å². The Labute approximate surface area is 68.8 Å². The lowest BCUT2D eigenvalue weighted by Crippen LogP contribution is -2.11. The Hall–Kier alpha value is 0.730. The molecule has 0 aromatic carbocycles. The second-order valence-electron chi connectivity index (χ2n) is 2.42. The third-order valence-corrected chi connectivity index (χ3v) is 2.24. The normalized spacial score (nSPS) is 40.0. The van der Waals surface area contributed by atoms with E-state index < -0.39 is 0 Å². The van der Waals surface area contributed by atoms with Crippen molar-refractivity contribution in [3.8, 4) is 0 Å². The van der Waals surface area contributed by atoms with Gasteiger partial charge in [-0.3, -0.25) is 0 Å². The van der Waals surface area contributed by atoms with Crippen LogP contribution in [0.15, 0.2) is 0 Å². The lowest BCUT2D eigenvalue weighted by molar-refractivity contribution is 0.368. The van der Waals surface area contributed by atoms with Crippen LogP contribution in [0.3, 0.4) is 0 Å². The zero-order valence-electron chi connectivity index (χ0n) is 5.47. The van der Waals surface area contributed by atoms with Crippen molar-refractivity contribution < 1.29 is 4.74 Å². The molecular formula is C6H10BrClO. The van der Waals surface area contributed by atoms with Gasteiger partial charge in [0.1, 0.15) is 6.10 Å². The van der Waals surface area contributed by atoms with E-state index in [1.54, 1.807) is 0 Å². The van der Waals surface area contributed by atoms with E-state index in [9.17, 15) is 0 Å². The number of alkyl halides is 2. The van der Waals surface area contributed by atoms with Gasteiger partial charge in [0.2, 0.25) is 0 Å². The fraction of sp³-hybridized carbons (Fsp3) is 1.00. The number of rotatable bonds is 2. The molecule has 1 rings (SSSR count). The highest BCUT2D eigenvalue weighted by atomic mass is 79.9. The van der Waals surface area contributed by atoms with Crippen LogP contribution in [0.1, 0.15) is 13.8 Å². The summed E-state index contributed by atoms with van der Waals surface area (Å²) in [4.78, 5) is 0.434. The molecule has 0 radical (unpaired) electrons. The van der Waals surface area contributed by atoms with Gasteiger partial charge in [0, 0.05) is 4.83 Å². The summed E-state index contributed by atoms with van der Waals surface area (Å²) in [6, 6.07) is 0. The van der Waals surface area contributed by atoms with Crippen molar-refractivity contribution in [3.63, 3.8) is 0 Å². The molecule has 0 spiro atoms. The molecule has 1 aliphatic rings. The Morgan fingerprint density at radius 3 is 2.11 bits per heavy atom. The molecule has 1 saturated heterocycles. The molecule has 9 heavy (non-hydrogen) atoms. The SMILES string of the molecule is CC(Cl)C1OC1C(C)Br. The fourth-order valence-electron chi connectivity index (χ4n) is 0.875. The lowest BCUT2D eigenvalue weighted by atomic mass is 10.2. The zero-order chi connectivity index (χ0) is 7.02. The van der Waals surface area contributed by atoms with Gasteiger partial charge in [-0.2, -0.15) is 0 Å². The summed E-state index contributed by atoms with van der Waals surface area (Å²) in [7, 11) is 0. The van der Waals surface area contributed by atoms with E-state index in [1.165, 1.54) is 0 Å². The molecule has 0 bridgehead atoms. The average molecular weight is 214 g/mol. The van der Waals surface area contributed by atoms with Crippen molar-refractivity contribution in [1.29, 1.82) is 0 Å². The van der Waals surface area contributed by atoms with Crippen molar-refractivity contribution in [3.05, 3.63) is 0 Å². The molecule has 3 heteroatoms. The zero-order valence-corrected chi connectivity index (χ0v) is 7.82. The largest absolute Gasteiger partial charge is 0.367 e. The standard InChI is InChI=1S/C6H10BrClO/c1-3(7)5-6(9-5)4(2)8/h3-6H,1-2H3. The highest BCUT2D eigenvalue weighted by molar-refractivity contribution is 9.09. The lowest BCUT2D eigenvalue weighted by Gasteiger charge is -1.96. The molecule has 1 fully saturated rings. The van der Waals surface area contributed by atoms with Crippen molar-refractivity contribution in [2.45, 2.75) is 36.3 Å². The predicted molar refractivity (Wildman–Crippen MR) is 42.4 cm³/mol. The van der Waals surface area contributed by atoms with Gasteiger partial charge in [-0.15, -0.1) is 11.6 Å². The molecule has 1 nitrogen and oxygen atoms in total. The van der Waals surface area contributed by atoms with E-state index in [0.717, 1.165) is 0 Å². The summed E-state index contributed by atoms with van der Waals surface area (Å²) in [6.07, 6.45) is 0.624. The van der Waals surface area contributed by atoms with E-state index >= 15 is 0 Å². The fourth-order valence-corrected chi connectivity index (χ4v) is 1.50. The number of epoxide rings is 1. The van der Waals surface area contributed by atoms with Gasteiger partial charge in [0.15, 0.2) is 0 Å². The van der Waals surface area contributed by atoms with Gasteiger partial charge >= 0.3 is 0 Å². The minimum atomic E-state index is 0.148. The Kier molecular flexibility index (Phi) is 2.41. The maximum Gasteiger partial charge on any atom is 0.101 e. The Morgan fingerprint density at radius 1 is 1.44 bits per heavy atom. The summed E-state index contributed by atoms with van der Waals surface area (Å²) in [6.45, 7) is 4.03. The summed E-state index contributed by atoms with van der Waals surface area (Å²) < 4.78 is 5.26. The molecule has 1 aliphatic heterocycles. The monoisotopic (exact) mass is 212 g/mol. The molecular weight excluding hydrogens is 203 g/mol. The third-order valence-electron chi connectivity index (χ3n) is 1.47. The number of hydrogen-bond donors (Lipinski definition) is 0. The number of hydrogen-bond acceptors (Lipinski definition) is 1. The van der Waals surface area contributed by atoms with Gasteiger partial charge in [-0.1, -0.05) is 22.9 Å². The summed E-state index contributed by atoms with van der Waals surface area (Å²) in [5.41, 5.74) is 0. The predicted octanol–water partition coefficient (Wildman–Crippen LogP) is 2.16. The summed E-state index contributed by atoms with van der Waals surface area (Å²) in [5.74, 6) is 0. The highest BCUT2D eigenvalue weighted by Crippen LogP contribution is 2.33. The van der Waals surface area contributed by atoms with Crippen LogP contribution in [0.4, 0.5) is 0 Å². The second kappa shape index (κ2) is 2.77. The quantitative estimate of drug-likeness (QED) is 0.506. The van der Waals surface area contributed by atoms with E-state index in [1.807, 2.05) is 6.92 Å². The molecule has 0 aromatic rings. The third kappa shape index (κ3) is 1.82. The molecule has 0 N–H and O–H groups in total. The van der Waals surface area contributed by atoms with Crippen LogP contribution >= 0.6 is 27.5 Å². The Balaban J connectivity index is 2.24. The maximum absolute atomic E-state index is 5.77. The van der Waals surface area contributed by atoms with Crippen LogP contribution in [0.2, 0.25) is 0 Å².